The van der Waals surface area contributed by atoms with Gasteiger partial charge in [-0.1, -0.05) is 18.5 Å². The van der Waals surface area contributed by atoms with E-state index in [0.29, 0.717) is 6.04 Å². The van der Waals surface area contributed by atoms with Crippen LogP contribution in [0.5, 0.6) is 0 Å². The second kappa shape index (κ2) is 6.60. The third-order valence-electron chi connectivity index (χ3n) is 3.85. The number of anilines is 1. The minimum Gasteiger partial charge on any atom is -0.377 e. The molecule has 1 aliphatic heterocycles. The van der Waals surface area contributed by atoms with Crippen molar-refractivity contribution in [2.45, 2.75) is 13.0 Å². The molecule has 0 amide bonds. The number of pyridine rings is 1. The van der Waals surface area contributed by atoms with Crippen LogP contribution in [0, 0.1) is 0 Å². The number of halogens is 1. The van der Waals surface area contributed by atoms with Gasteiger partial charge in [0.05, 0.1) is 24.8 Å². The monoisotopic (exact) mass is 305 g/mol. The van der Waals surface area contributed by atoms with Gasteiger partial charge in [0.25, 0.3) is 0 Å². The zero-order chi connectivity index (χ0) is 14.7. The van der Waals surface area contributed by atoms with E-state index < -0.39 is 0 Å². The first-order chi connectivity index (χ1) is 10.3. The van der Waals surface area contributed by atoms with E-state index in [1.807, 2.05) is 18.3 Å². The normalized spacial score (nSPS) is 19.1. The summed E-state index contributed by atoms with van der Waals surface area (Å²) >= 11 is 6.07. The number of aromatic nitrogens is 1. The highest BCUT2D eigenvalue weighted by molar-refractivity contribution is 6.31. The van der Waals surface area contributed by atoms with Crippen molar-refractivity contribution in [2.75, 3.05) is 37.7 Å². The van der Waals surface area contributed by atoms with Crippen LogP contribution in [0.15, 0.2) is 30.5 Å². The summed E-state index contributed by atoms with van der Waals surface area (Å²) in [5.74, 6) is 0. The molecule has 1 unspecified atom stereocenters. The van der Waals surface area contributed by atoms with E-state index in [4.69, 9.17) is 16.3 Å². The third-order valence-corrected chi connectivity index (χ3v) is 4.08. The Morgan fingerprint density at radius 2 is 2.33 bits per heavy atom. The average Bonchev–Trinajstić information content (AvgIpc) is 2.52. The number of hydrogen-bond donors (Lipinski definition) is 1. The van der Waals surface area contributed by atoms with Crippen molar-refractivity contribution in [2.24, 2.45) is 0 Å². The molecule has 1 aliphatic rings. The van der Waals surface area contributed by atoms with E-state index in [0.717, 1.165) is 48.8 Å². The summed E-state index contributed by atoms with van der Waals surface area (Å²) in [6.45, 7) is 6.44. The van der Waals surface area contributed by atoms with Gasteiger partial charge in [0.15, 0.2) is 0 Å². The first kappa shape index (κ1) is 14.6. The summed E-state index contributed by atoms with van der Waals surface area (Å²) in [6.07, 6.45) is 1.85. The highest BCUT2D eigenvalue weighted by atomic mass is 35.5. The number of morpholine rings is 1. The van der Waals surface area contributed by atoms with Crippen LogP contribution in [0.4, 0.5) is 5.69 Å². The second-order valence-electron chi connectivity index (χ2n) is 5.22. The molecule has 0 aliphatic carbocycles. The summed E-state index contributed by atoms with van der Waals surface area (Å²) in [4.78, 5) is 6.85. The topological polar surface area (TPSA) is 37.4 Å². The molecule has 4 nitrogen and oxygen atoms in total. The number of likely N-dealkylation sites (N-methyl/N-ethyl adjacent to an activating group) is 1. The Morgan fingerprint density at radius 1 is 1.43 bits per heavy atom. The Balaban J connectivity index is 1.97. The van der Waals surface area contributed by atoms with Crippen LogP contribution in [-0.2, 0) is 4.74 Å². The molecular weight excluding hydrogens is 286 g/mol. The van der Waals surface area contributed by atoms with Gasteiger partial charge in [-0.15, -0.1) is 0 Å². The van der Waals surface area contributed by atoms with Gasteiger partial charge in [-0.2, -0.15) is 0 Å². The predicted molar refractivity (Wildman–Crippen MR) is 87.2 cm³/mol. The van der Waals surface area contributed by atoms with Crippen LogP contribution in [-0.4, -0.2) is 43.9 Å². The number of fused-ring (bicyclic) bond motifs is 1. The average molecular weight is 306 g/mol. The van der Waals surface area contributed by atoms with Crippen molar-refractivity contribution < 1.29 is 4.74 Å². The fourth-order valence-corrected chi connectivity index (χ4v) is 2.97. The fourth-order valence-electron chi connectivity index (χ4n) is 2.81. The van der Waals surface area contributed by atoms with Gasteiger partial charge in [0, 0.05) is 35.4 Å². The molecule has 0 radical (unpaired) electrons. The molecule has 112 valence electrons. The Labute approximate surface area is 130 Å². The van der Waals surface area contributed by atoms with Crippen LogP contribution in [0.2, 0.25) is 5.02 Å². The van der Waals surface area contributed by atoms with Gasteiger partial charge in [0.1, 0.15) is 0 Å². The summed E-state index contributed by atoms with van der Waals surface area (Å²) in [5, 5.41) is 5.28. The maximum Gasteiger partial charge on any atom is 0.0737 e. The lowest BCUT2D eigenvalue weighted by Crippen LogP contribution is -2.50. The molecule has 2 aromatic rings. The molecule has 0 saturated carbocycles. The number of nitrogens with zero attached hydrogens (tertiary/aromatic N) is 2. The van der Waals surface area contributed by atoms with Gasteiger partial charge in [-0.25, -0.2) is 0 Å². The van der Waals surface area contributed by atoms with Crippen LogP contribution in [0.25, 0.3) is 10.9 Å². The number of benzene rings is 1. The molecule has 1 N–H and O–H groups in total. The second-order valence-corrected chi connectivity index (χ2v) is 5.66. The molecule has 0 bridgehead atoms. The minimum atomic E-state index is 0.347. The quantitative estimate of drug-likeness (QED) is 0.942. The maximum absolute atomic E-state index is 6.07. The van der Waals surface area contributed by atoms with E-state index in [1.165, 1.54) is 5.69 Å². The van der Waals surface area contributed by atoms with E-state index >= 15 is 0 Å². The molecular formula is C16H20ClN3O. The van der Waals surface area contributed by atoms with E-state index in [2.05, 4.69) is 34.3 Å². The number of ether oxygens (including phenoxy) is 1. The Bertz CT molecular complexity index is 619. The molecule has 1 saturated heterocycles. The van der Waals surface area contributed by atoms with Crippen molar-refractivity contribution in [3.05, 3.63) is 35.5 Å². The minimum absolute atomic E-state index is 0.347. The lowest BCUT2D eigenvalue weighted by atomic mass is 10.1. The SMILES string of the molecule is CCNCC1COCCN1c1ccnc2cc(Cl)ccc12. The molecule has 2 heterocycles. The van der Waals surface area contributed by atoms with Crippen LogP contribution in [0.1, 0.15) is 6.92 Å². The van der Waals surface area contributed by atoms with Gasteiger partial charge in [0.2, 0.25) is 0 Å². The van der Waals surface area contributed by atoms with Crippen LogP contribution >= 0.6 is 11.6 Å². The zero-order valence-electron chi connectivity index (χ0n) is 12.2. The lowest BCUT2D eigenvalue weighted by molar-refractivity contribution is 0.0941. The molecule has 3 rings (SSSR count). The van der Waals surface area contributed by atoms with Crippen molar-refractivity contribution in [3.63, 3.8) is 0 Å². The molecule has 1 aromatic heterocycles. The van der Waals surface area contributed by atoms with Gasteiger partial charge in [-0.3, -0.25) is 4.98 Å². The van der Waals surface area contributed by atoms with Crippen LogP contribution in [0.3, 0.4) is 0 Å². The third kappa shape index (κ3) is 3.12. The van der Waals surface area contributed by atoms with Crippen LogP contribution < -0.4 is 10.2 Å². The lowest BCUT2D eigenvalue weighted by Gasteiger charge is -2.38. The largest absolute Gasteiger partial charge is 0.377 e. The molecule has 5 heteroatoms. The first-order valence-electron chi connectivity index (χ1n) is 7.39. The predicted octanol–water partition coefficient (Wildman–Crippen LogP) is 2.70. The van der Waals surface area contributed by atoms with Gasteiger partial charge < -0.3 is 15.0 Å². The number of rotatable bonds is 4. The standard InChI is InChI=1S/C16H20ClN3O/c1-2-18-10-13-11-21-8-7-20(13)16-5-6-19-15-9-12(17)3-4-14(15)16/h3-6,9,13,18H,2,7-8,10-11H2,1H3. The molecule has 1 aromatic carbocycles. The number of nitrogens with one attached hydrogen (secondary N) is 1. The van der Waals surface area contributed by atoms with Crippen molar-refractivity contribution >= 4 is 28.2 Å². The maximum atomic E-state index is 6.07. The number of hydrogen-bond acceptors (Lipinski definition) is 4. The van der Waals surface area contributed by atoms with E-state index in [-0.39, 0.29) is 0 Å². The van der Waals surface area contributed by atoms with Crippen molar-refractivity contribution in [3.8, 4) is 0 Å². The Hall–Kier alpha value is -1.36. The summed E-state index contributed by atoms with van der Waals surface area (Å²) < 4.78 is 5.64. The summed E-state index contributed by atoms with van der Waals surface area (Å²) in [5.41, 5.74) is 2.15. The van der Waals surface area contributed by atoms with Crippen molar-refractivity contribution in [1.29, 1.82) is 0 Å². The van der Waals surface area contributed by atoms with Gasteiger partial charge >= 0.3 is 0 Å². The smallest absolute Gasteiger partial charge is 0.0737 e. The first-order valence-corrected chi connectivity index (χ1v) is 7.76. The van der Waals surface area contributed by atoms with E-state index in [1.54, 1.807) is 0 Å². The molecule has 1 atom stereocenters. The summed E-state index contributed by atoms with van der Waals surface area (Å²) in [6, 6.07) is 8.33. The van der Waals surface area contributed by atoms with Gasteiger partial charge in [-0.05, 0) is 30.8 Å². The fraction of sp³-hybridized carbons (Fsp3) is 0.438. The van der Waals surface area contributed by atoms with E-state index in [9.17, 15) is 0 Å². The molecule has 0 spiro atoms. The highest BCUT2D eigenvalue weighted by Crippen LogP contribution is 2.29. The molecule has 1 fully saturated rings. The van der Waals surface area contributed by atoms with Crippen molar-refractivity contribution in [1.82, 2.24) is 10.3 Å². The summed E-state index contributed by atoms with van der Waals surface area (Å²) in [7, 11) is 0. The highest BCUT2D eigenvalue weighted by Gasteiger charge is 2.24. The Kier molecular flexibility index (Phi) is 4.58. The molecule has 21 heavy (non-hydrogen) atoms. The Morgan fingerprint density at radius 3 is 3.19 bits per heavy atom. The zero-order valence-corrected chi connectivity index (χ0v) is 12.9.